The molecule has 2 N–H and O–H groups in total. The Bertz CT molecular complexity index is 1190. The number of thiophene rings is 1. The molecule has 0 fully saturated rings. The van der Waals surface area contributed by atoms with Crippen molar-refractivity contribution >= 4 is 38.7 Å². The predicted molar refractivity (Wildman–Crippen MR) is 117 cm³/mol. The summed E-state index contributed by atoms with van der Waals surface area (Å²) in [6.45, 7) is 3.67. The number of benzene rings is 2. The highest BCUT2D eigenvalue weighted by atomic mass is 32.2. The van der Waals surface area contributed by atoms with Gasteiger partial charge in [0.1, 0.15) is 5.82 Å². The molecule has 9 heteroatoms. The average molecular weight is 446 g/mol. The highest BCUT2D eigenvalue weighted by Crippen LogP contribution is 2.18. The molecule has 0 saturated heterocycles. The average Bonchev–Trinajstić information content (AvgIpc) is 3.22. The molecule has 3 aromatic rings. The van der Waals surface area contributed by atoms with Gasteiger partial charge in [0.2, 0.25) is 0 Å². The third-order valence-corrected chi connectivity index (χ3v) is 6.57. The van der Waals surface area contributed by atoms with Gasteiger partial charge in [-0.15, -0.1) is 11.3 Å². The van der Waals surface area contributed by atoms with E-state index in [4.69, 9.17) is 0 Å². The van der Waals surface area contributed by atoms with Crippen molar-refractivity contribution in [3.05, 3.63) is 81.8 Å². The van der Waals surface area contributed by atoms with Crippen molar-refractivity contribution in [2.45, 2.75) is 25.2 Å². The molecule has 1 amide bonds. The summed E-state index contributed by atoms with van der Waals surface area (Å²) in [4.78, 5) is 15.6. The standard InChI is InChI=1S/C21H20FN3O3S2/c1-3-19-12-16(13-29-19)21(26)23-18-6-4-5-15(11-18)14(2)24-25-30(27,28)20-9-7-17(22)8-10-20/h4-13,25H,3H2,1-2H3,(H,23,26). The zero-order valence-electron chi connectivity index (χ0n) is 16.3. The fourth-order valence-electron chi connectivity index (χ4n) is 2.57. The lowest BCUT2D eigenvalue weighted by molar-refractivity contribution is 0.102. The third-order valence-electron chi connectivity index (χ3n) is 4.26. The second-order valence-corrected chi connectivity index (χ2v) is 9.09. The van der Waals surface area contributed by atoms with Crippen LogP contribution in [0.25, 0.3) is 0 Å². The fraction of sp³-hybridized carbons (Fsp3) is 0.143. The van der Waals surface area contributed by atoms with Crippen LogP contribution in [0.15, 0.2) is 70.0 Å². The SMILES string of the molecule is CCc1cc(C(=O)Nc2cccc(C(C)=NNS(=O)(=O)c3ccc(F)cc3)c2)cs1. The van der Waals surface area contributed by atoms with Crippen LogP contribution in [0.4, 0.5) is 10.1 Å². The van der Waals surface area contributed by atoms with Gasteiger partial charge in [-0.2, -0.15) is 18.4 Å². The van der Waals surface area contributed by atoms with Gasteiger partial charge in [0.15, 0.2) is 0 Å². The minimum absolute atomic E-state index is 0.0938. The van der Waals surface area contributed by atoms with E-state index < -0.39 is 15.8 Å². The molecule has 0 aliphatic carbocycles. The topological polar surface area (TPSA) is 87.6 Å². The van der Waals surface area contributed by atoms with Crippen LogP contribution in [-0.4, -0.2) is 20.0 Å². The fourth-order valence-corrected chi connectivity index (χ4v) is 4.24. The summed E-state index contributed by atoms with van der Waals surface area (Å²) in [5.74, 6) is -0.740. The molecular formula is C21H20FN3O3S2. The number of sulfonamides is 1. The van der Waals surface area contributed by atoms with Crippen molar-refractivity contribution < 1.29 is 17.6 Å². The number of nitrogens with zero attached hydrogens (tertiary/aromatic N) is 1. The third kappa shape index (κ3) is 5.31. The molecule has 156 valence electrons. The number of amides is 1. The first-order chi connectivity index (χ1) is 14.3. The lowest BCUT2D eigenvalue weighted by atomic mass is 10.1. The first-order valence-electron chi connectivity index (χ1n) is 9.09. The number of anilines is 1. The molecule has 3 rings (SSSR count). The van der Waals surface area contributed by atoms with Crippen molar-refractivity contribution in [3.8, 4) is 0 Å². The molecular weight excluding hydrogens is 425 g/mol. The summed E-state index contributed by atoms with van der Waals surface area (Å²) in [6, 6.07) is 13.2. The lowest BCUT2D eigenvalue weighted by Crippen LogP contribution is -2.20. The summed E-state index contributed by atoms with van der Waals surface area (Å²) in [5.41, 5.74) is 2.20. The van der Waals surface area contributed by atoms with E-state index in [-0.39, 0.29) is 10.8 Å². The van der Waals surface area contributed by atoms with E-state index in [9.17, 15) is 17.6 Å². The molecule has 0 radical (unpaired) electrons. The Kier molecular flexibility index (Phi) is 6.63. The minimum atomic E-state index is -3.92. The zero-order chi connectivity index (χ0) is 21.7. The van der Waals surface area contributed by atoms with Gasteiger partial charge in [0, 0.05) is 15.9 Å². The number of nitrogens with one attached hydrogen (secondary N) is 2. The normalized spacial score (nSPS) is 11.9. The number of carbonyl (C=O) groups excluding carboxylic acids is 1. The number of halogens is 1. The Morgan fingerprint density at radius 3 is 2.50 bits per heavy atom. The maximum absolute atomic E-state index is 13.0. The highest BCUT2D eigenvalue weighted by Gasteiger charge is 2.13. The molecule has 30 heavy (non-hydrogen) atoms. The van der Waals surface area contributed by atoms with Crippen molar-refractivity contribution in [1.82, 2.24) is 4.83 Å². The van der Waals surface area contributed by atoms with Crippen LogP contribution in [0.5, 0.6) is 0 Å². The van der Waals surface area contributed by atoms with Crippen molar-refractivity contribution in [2.75, 3.05) is 5.32 Å². The lowest BCUT2D eigenvalue weighted by Gasteiger charge is -2.08. The van der Waals surface area contributed by atoms with Crippen LogP contribution in [0.1, 0.15) is 34.6 Å². The Morgan fingerprint density at radius 2 is 1.83 bits per heavy atom. The van der Waals surface area contributed by atoms with Crippen LogP contribution < -0.4 is 10.1 Å². The van der Waals surface area contributed by atoms with Gasteiger partial charge in [-0.25, -0.2) is 4.39 Å². The first-order valence-corrected chi connectivity index (χ1v) is 11.5. The summed E-state index contributed by atoms with van der Waals surface area (Å²) in [7, 11) is -3.92. The number of aryl methyl sites for hydroxylation is 1. The van der Waals surface area contributed by atoms with Crippen LogP contribution in [0, 0.1) is 5.82 Å². The molecule has 0 spiro atoms. The Hall–Kier alpha value is -3.04. The largest absolute Gasteiger partial charge is 0.322 e. The number of carbonyl (C=O) groups is 1. The molecule has 0 bridgehead atoms. The van der Waals surface area contributed by atoms with E-state index in [0.29, 0.717) is 22.5 Å². The van der Waals surface area contributed by atoms with Gasteiger partial charge in [-0.3, -0.25) is 4.79 Å². The van der Waals surface area contributed by atoms with Crippen molar-refractivity contribution in [2.24, 2.45) is 5.10 Å². The van der Waals surface area contributed by atoms with Gasteiger partial charge >= 0.3 is 0 Å². The second-order valence-electron chi connectivity index (χ2n) is 6.44. The summed E-state index contributed by atoms with van der Waals surface area (Å²) < 4.78 is 37.6. The molecule has 0 saturated carbocycles. The quantitative estimate of drug-likeness (QED) is 0.417. The molecule has 0 unspecified atom stereocenters. The maximum Gasteiger partial charge on any atom is 0.276 e. The minimum Gasteiger partial charge on any atom is -0.322 e. The number of rotatable bonds is 7. The van der Waals surface area contributed by atoms with Gasteiger partial charge in [-0.05, 0) is 61.4 Å². The van der Waals surface area contributed by atoms with Gasteiger partial charge in [0.25, 0.3) is 15.9 Å². The van der Waals surface area contributed by atoms with Gasteiger partial charge in [-0.1, -0.05) is 19.1 Å². The van der Waals surface area contributed by atoms with Crippen molar-refractivity contribution in [3.63, 3.8) is 0 Å². The van der Waals surface area contributed by atoms with E-state index in [1.807, 2.05) is 18.4 Å². The van der Waals surface area contributed by atoms with Crippen LogP contribution in [0.3, 0.4) is 0 Å². The first kappa shape index (κ1) is 21.7. The molecule has 2 aromatic carbocycles. The maximum atomic E-state index is 13.0. The van der Waals surface area contributed by atoms with E-state index in [0.717, 1.165) is 35.6 Å². The monoisotopic (exact) mass is 445 g/mol. The number of hydrogen-bond acceptors (Lipinski definition) is 5. The molecule has 6 nitrogen and oxygen atoms in total. The van der Waals surface area contributed by atoms with E-state index in [1.54, 1.807) is 31.2 Å². The summed E-state index contributed by atoms with van der Waals surface area (Å²) in [6.07, 6.45) is 0.872. The number of hydrogen-bond donors (Lipinski definition) is 2. The number of hydrazone groups is 1. The molecule has 0 atom stereocenters. The van der Waals surface area contributed by atoms with Gasteiger partial charge in [0.05, 0.1) is 16.2 Å². The Balaban J connectivity index is 1.72. The predicted octanol–water partition coefficient (Wildman–Crippen LogP) is 4.40. The van der Waals surface area contributed by atoms with E-state index in [1.165, 1.54) is 11.3 Å². The Labute approximate surface area is 178 Å². The second kappa shape index (κ2) is 9.19. The summed E-state index contributed by atoms with van der Waals surface area (Å²) in [5, 5.41) is 8.58. The molecule has 0 aliphatic rings. The Morgan fingerprint density at radius 1 is 1.10 bits per heavy atom. The van der Waals surface area contributed by atoms with Crippen LogP contribution >= 0.6 is 11.3 Å². The smallest absolute Gasteiger partial charge is 0.276 e. The van der Waals surface area contributed by atoms with E-state index >= 15 is 0 Å². The van der Waals surface area contributed by atoms with Gasteiger partial charge < -0.3 is 5.32 Å². The van der Waals surface area contributed by atoms with Crippen LogP contribution in [0.2, 0.25) is 0 Å². The molecule has 1 aromatic heterocycles. The summed E-state index contributed by atoms with van der Waals surface area (Å²) >= 11 is 1.54. The molecule has 0 aliphatic heterocycles. The van der Waals surface area contributed by atoms with Crippen LogP contribution in [-0.2, 0) is 16.4 Å². The van der Waals surface area contributed by atoms with Crippen molar-refractivity contribution in [1.29, 1.82) is 0 Å². The zero-order valence-corrected chi connectivity index (χ0v) is 18.0. The molecule has 1 heterocycles. The van der Waals surface area contributed by atoms with E-state index in [2.05, 4.69) is 15.2 Å². The highest BCUT2D eigenvalue weighted by molar-refractivity contribution is 7.89.